The van der Waals surface area contributed by atoms with Gasteiger partial charge in [0.25, 0.3) is 0 Å². The summed E-state index contributed by atoms with van der Waals surface area (Å²) < 4.78 is 11.5. The SMILES string of the molecule is CNc1ncnc(Nc2cc(Br)cc(OC)c2)c1OC. The molecule has 20 heavy (non-hydrogen) atoms. The minimum Gasteiger partial charge on any atom is -0.497 e. The molecule has 1 heterocycles. The van der Waals surface area contributed by atoms with Gasteiger partial charge >= 0.3 is 0 Å². The van der Waals surface area contributed by atoms with Gasteiger partial charge in [0.2, 0.25) is 5.75 Å². The first-order valence-corrected chi connectivity index (χ1v) is 6.65. The molecule has 0 saturated carbocycles. The fourth-order valence-electron chi connectivity index (χ4n) is 1.72. The van der Waals surface area contributed by atoms with Gasteiger partial charge in [0.1, 0.15) is 12.1 Å². The summed E-state index contributed by atoms with van der Waals surface area (Å²) in [6.07, 6.45) is 1.46. The van der Waals surface area contributed by atoms with E-state index < -0.39 is 0 Å². The molecule has 7 heteroatoms. The number of anilines is 3. The molecule has 0 radical (unpaired) electrons. The van der Waals surface area contributed by atoms with Crippen molar-refractivity contribution in [2.24, 2.45) is 0 Å². The van der Waals surface area contributed by atoms with Crippen molar-refractivity contribution in [1.82, 2.24) is 9.97 Å². The predicted octanol–water partition coefficient (Wildman–Crippen LogP) is 3.04. The molecule has 0 unspecified atom stereocenters. The Balaban J connectivity index is 2.37. The molecular formula is C13H15BrN4O2. The second-order valence-corrected chi connectivity index (χ2v) is 4.77. The third-order valence-electron chi connectivity index (χ3n) is 2.61. The van der Waals surface area contributed by atoms with Gasteiger partial charge in [-0.2, -0.15) is 0 Å². The molecule has 0 atom stereocenters. The maximum Gasteiger partial charge on any atom is 0.204 e. The Labute approximate surface area is 125 Å². The van der Waals surface area contributed by atoms with Gasteiger partial charge in [0, 0.05) is 23.3 Å². The average molecular weight is 339 g/mol. The zero-order chi connectivity index (χ0) is 14.5. The molecular weight excluding hydrogens is 324 g/mol. The number of benzene rings is 1. The summed E-state index contributed by atoms with van der Waals surface area (Å²) in [6, 6.07) is 5.66. The van der Waals surface area contributed by atoms with E-state index in [4.69, 9.17) is 9.47 Å². The Bertz CT molecular complexity index is 607. The second-order valence-electron chi connectivity index (χ2n) is 3.86. The van der Waals surface area contributed by atoms with E-state index in [0.29, 0.717) is 17.4 Å². The number of ether oxygens (including phenoxy) is 2. The number of nitrogens with one attached hydrogen (secondary N) is 2. The first-order valence-electron chi connectivity index (χ1n) is 5.86. The summed E-state index contributed by atoms with van der Waals surface area (Å²) in [7, 11) is 4.97. The standard InChI is InChI=1S/C13H15BrN4O2/c1-15-12-11(20-3)13(17-7-16-12)18-9-4-8(14)5-10(6-9)19-2/h4-7H,1-3H3,(H2,15,16,17,18). The molecule has 0 fully saturated rings. The minimum absolute atomic E-state index is 0.550. The van der Waals surface area contributed by atoms with E-state index in [2.05, 4.69) is 36.5 Å². The zero-order valence-corrected chi connectivity index (χ0v) is 13.0. The predicted molar refractivity (Wildman–Crippen MR) is 82.1 cm³/mol. The van der Waals surface area contributed by atoms with E-state index in [-0.39, 0.29) is 0 Å². The number of hydrogen-bond donors (Lipinski definition) is 2. The van der Waals surface area contributed by atoms with Crippen LogP contribution in [0.25, 0.3) is 0 Å². The Morgan fingerprint density at radius 2 is 1.80 bits per heavy atom. The highest BCUT2D eigenvalue weighted by Gasteiger charge is 2.11. The van der Waals surface area contributed by atoms with Crippen LogP contribution in [0.3, 0.4) is 0 Å². The highest BCUT2D eigenvalue weighted by atomic mass is 79.9. The van der Waals surface area contributed by atoms with Crippen LogP contribution in [0, 0.1) is 0 Å². The lowest BCUT2D eigenvalue weighted by Crippen LogP contribution is -2.03. The number of aromatic nitrogens is 2. The van der Waals surface area contributed by atoms with Gasteiger partial charge in [-0.15, -0.1) is 0 Å². The summed E-state index contributed by atoms with van der Waals surface area (Å²) in [5.74, 6) is 2.48. The lowest BCUT2D eigenvalue weighted by Gasteiger charge is -2.13. The van der Waals surface area contributed by atoms with Crippen molar-refractivity contribution in [2.45, 2.75) is 0 Å². The number of rotatable bonds is 5. The van der Waals surface area contributed by atoms with Gasteiger partial charge in [0.05, 0.1) is 14.2 Å². The molecule has 0 amide bonds. The first kappa shape index (κ1) is 14.4. The number of nitrogens with zero attached hydrogens (tertiary/aromatic N) is 2. The van der Waals surface area contributed by atoms with E-state index >= 15 is 0 Å². The van der Waals surface area contributed by atoms with Crippen LogP contribution in [-0.4, -0.2) is 31.2 Å². The summed E-state index contributed by atoms with van der Waals surface area (Å²) in [5, 5.41) is 6.14. The normalized spacial score (nSPS) is 10.0. The van der Waals surface area contributed by atoms with Crippen LogP contribution in [0.15, 0.2) is 29.0 Å². The molecule has 0 saturated heterocycles. The lowest BCUT2D eigenvalue weighted by molar-refractivity contribution is 0.414. The molecule has 0 aliphatic rings. The van der Waals surface area contributed by atoms with Crippen LogP contribution in [0.4, 0.5) is 17.3 Å². The van der Waals surface area contributed by atoms with Gasteiger partial charge in [-0.25, -0.2) is 9.97 Å². The van der Waals surface area contributed by atoms with Crippen LogP contribution in [0.1, 0.15) is 0 Å². The first-order chi connectivity index (χ1) is 9.67. The van der Waals surface area contributed by atoms with E-state index in [1.54, 1.807) is 21.3 Å². The van der Waals surface area contributed by atoms with E-state index in [1.807, 2.05) is 18.2 Å². The molecule has 0 spiro atoms. The van der Waals surface area contributed by atoms with E-state index in [1.165, 1.54) is 6.33 Å². The summed E-state index contributed by atoms with van der Waals surface area (Å²) in [6.45, 7) is 0. The van der Waals surface area contributed by atoms with Crippen molar-refractivity contribution in [1.29, 1.82) is 0 Å². The molecule has 1 aromatic heterocycles. The van der Waals surface area contributed by atoms with Crippen molar-refractivity contribution in [3.05, 3.63) is 29.0 Å². The largest absolute Gasteiger partial charge is 0.497 e. The second kappa shape index (κ2) is 6.42. The number of hydrogen-bond acceptors (Lipinski definition) is 6. The van der Waals surface area contributed by atoms with Gasteiger partial charge in [0.15, 0.2) is 11.6 Å². The monoisotopic (exact) mass is 338 g/mol. The average Bonchev–Trinajstić information content (AvgIpc) is 2.46. The molecule has 0 aliphatic heterocycles. The molecule has 1 aromatic carbocycles. The van der Waals surface area contributed by atoms with Gasteiger partial charge in [-0.05, 0) is 12.1 Å². The lowest BCUT2D eigenvalue weighted by atomic mass is 10.3. The van der Waals surface area contributed by atoms with Gasteiger partial charge in [-0.1, -0.05) is 15.9 Å². The third-order valence-corrected chi connectivity index (χ3v) is 3.07. The Kier molecular flexibility index (Phi) is 4.62. The highest BCUT2D eigenvalue weighted by Crippen LogP contribution is 2.33. The Morgan fingerprint density at radius 3 is 2.45 bits per heavy atom. The Morgan fingerprint density at radius 1 is 1.05 bits per heavy atom. The smallest absolute Gasteiger partial charge is 0.204 e. The van der Waals surface area contributed by atoms with Crippen molar-refractivity contribution in [3.8, 4) is 11.5 Å². The molecule has 6 nitrogen and oxygen atoms in total. The molecule has 106 valence electrons. The fourth-order valence-corrected chi connectivity index (χ4v) is 2.20. The van der Waals surface area contributed by atoms with Crippen LogP contribution in [-0.2, 0) is 0 Å². The Hall–Kier alpha value is -2.02. The minimum atomic E-state index is 0.550. The molecule has 2 rings (SSSR count). The maximum atomic E-state index is 5.33. The van der Waals surface area contributed by atoms with Crippen LogP contribution < -0.4 is 20.1 Å². The summed E-state index contributed by atoms with van der Waals surface area (Å²) in [4.78, 5) is 8.30. The van der Waals surface area contributed by atoms with Crippen molar-refractivity contribution >= 4 is 33.3 Å². The van der Waals surface area contributed by atoms with Crippen molar-refractivity contribution < 1.29 is 9.47 Å². The molecule has 0 aliphatic carbocycles. The van der Waals surface area contributed by atoms with Crippen LogP contribution >= 0.6 is 15.9 Å². The molecule has 2 N–H and O–H groups in total. The van der Waals surface area contributed by atoms with Crippen LogP contribution in [0.2, 0.25) is 0 Å². The van der Waals surface area contributed by atoms with Crippen molar-refractivity contribution in [2.75, 3.05) is 31.9 Å². The molecule has 2 aromatic rings. The topological polar surface area (TPSA) is 68.3 Å². The van der Waals surface area contributed by atoms with Gasteiger partial charge < -0.3 is 20.1 Å². The highest BCUT2D eigenvalue weighted by molar-refractivity contribution is 9.10. The summed E-state index contributed by atoms with van der Waals surface area (Å²) in [5.41, 5.74) is 0.829. The third kappa shape index (κ3) is 3.11. The van der Waals surface area contributed by atoms with Crippen molar-refractivity contribution in [3.63, 3.8) is 0 Å². The quantitative estimate of drug-likeness (QED) is 0.873. The van der Waals surface area contributed by atoms with Gasteiger partial charge in [-0.3, -0.25) is 0 Å². The zero-order valence-electron chi connectivity index (χ0n) is 11.4. The number of methoxy groups -OCH3 is 2. The van der Waals surface area contributed by atoms with E-state index in [9.17, 15) is 0 Å². The fraction of sp³-hybridized carbons (Fsp3) is 0.231. The van der Waals surface area contributed by atoms with E-state index in [0.717, 1.165) is 15.9 Å². The summed E-state index contributed by atoms with van der Waals surface area (Å²) >= 11 is 3.43. The molecule has 0 bridgehead atoms. The van der Waals surface area contributed by atoms with Crippen LogP contribution in [0.5, 0.6) is 11.5 Å². The number of halogens is 1. The maximum absolute atomic E-state index is 5.33.